The van der Waals surface area contributed by atoms with E-state index in [1.54, 1.807) is 18.3 Å². The minimum absolute atomic E-state index is 0.203. The number of hydrogen-bond acceptors (Lipinski definition) is 3. The van der Waals surface area contributed by atoms with Crippen LogP contribution >= 0.6 is 0 Å². The Morgan fingerprint density at radius 3 is 2.61 bits per heavy atom. The molecule has 0 saturated carbocycles. The lowest BCUT2D eigenvalue weighted by Gasteiger charge is -2.05. The summed E-state index contributed by atoms with van der Waals surface area (Å²) in [6, 6.07) is 10.3. The summed E-state index contributed by atoms with van der Waals surface area (Å²) in [6.07, 6.45) is 3.89. The maximum absolute atomic E-state index is 14.1. The first-order valence-electron chi connectivity index (χ1n) is 6.93. The molecule has 1 N–H and O–H groups in total. The minimum atomic E-state index is -0.510. The van der Waals surface area contributed by atoms with Crippen LogP contribution in [-0.4, -0.2) is 19.9 Å². The predicted molar refractivity (Wildman–Crippen MR) is 82.5 cm³/mol. The number of benzene rings is 1. The highest BCUT2D eigenvalue weighted by molar-refractivity contribution is 5.91. The van der Waals surface area contributed by atoms with E-state index in [4.69, 9.17) is 0 Å². The highest BCUT2D eigenvalue weighted by Crippen LogP contribution is 2.28. The Balaban J connectivity index is 1.91. The first-order chi connectivity index (χ1) is 11.2. The molecule has 0 spiro atoms. The van der Waals surface area contributed by atoms with Gasteiger partial charge in [-0.05, 0) is 6.07 Å². The van der Waals surface area contributed by atoms with Crippen molar-refractivity contribution in [2.45, 2.75) is 0 Å². The van der Waals surface area contributed by atoms with Crippen molar-refractivity contribution >= 4 is 11.0 Å². The van der Waals surface area contributed by atoms with Crippen molar-refractivity contribution in [3.63, 3.8) is 0 Å². The van der Waals surface area contributed by atoms with Crippen molar-refractivity contribution in [2.24, 2.45) is 0 Å². The van der Waals surface area contributed by atoms with Crippen LogP contribution in [0.5, 0.6) is 0 Å². The molecule has 0 unspecified atom stereocenters. The average molecular weight is 308 g/mol. The minimum Gasteiger partial charge on any atom is -0.345 e. The molecule has 0 saturated heterocycles. The molecule has 3 heterocycles. The van der Waals surface area contributed by atoms with Gasteiger partial charge >= 0.3 is 0 Å². The van der Waals surface area contributed by atoms with Crippen LogP contribution in [0.1, 0.15) is 0 Å². The molecule has 4 nitrogen and oxygen atoms in total. The fourth-order valence-electron chi connectivity index (χ4n) is 2.46. The number of hydrogen-bond donors (Lipinski definition) is 1. The van der Waals surface area contributed by atoms with Gasteiger partial charge in [-0.3, -0.25) is 0 Å². The van der Waals surface area contributed by atoms with Crippen LogP contribution in [0.15, 0.2) is 55.0 Å². The van der Waals surface area contributed by atoms with Crippen LogP contribution in [0, 0.1) is 11.6 Å². The van der Waals surface area contributed by atoms with Gasteiger partial charge in [0.1, 0.15) is 17.2 Å². The normalized spacial score (nSPS) is 11.0. The van der Waals surface area contributed by atoms with E-state index >= 15 is 0 Å². The molecule has 0 aliphatic heterocycles. The zero-order valence-corrected chi connectivity index (χ0v) is 11.8. The summed E-state index contributed by atoms with van der Waals surface area (Å²) in [4.78, 5) is 15.2. The smallest absolute Gasteiger partial charge is 0.167 e. The highest BCUT2D eigenvalue weighted by atomic mass is 19.1. The van der Waals surface area contributed by atoms with Gasteiger partial charge in [0.25, 0.3) is 0 Å². The second-order valence-corrected chi connectivity index (χ2v) is 5.01. The number of nitrogens with zero attached hydrogens (tertiary/aromatic N) is 3. The van der Waals surface area contributed by atoms with Gasteiger partial charge in [0.15, 0.2) is 11.6 Å². The average Bonchev–Trinajstić information content (AvgIpc) is 2.99. The Kier molecular flexibility index (Phi) is 3.08. The highest BCUT2D eigenvalue weighted by Gasteiger charge is 2.14. The first-order valence-corrected chi connectivity index (χ1v) is 6.93. The lowest BCUT2D eigenvalue weighted by molar-refractivity contribution is 0.618. The van der Waals surface area contributed by atoms with E-state index in [0.29, 0.717) is 28.0 Å². The molecule has 3 aromatic heterocycles. The molecule has 6 heteroatoms. The van der Waals surface area contributed by atoms with Gasteiger partial charge in [0.2, 0.25) is 0 Å². The van der Waals surface area contributed by atoms with Gasteiger partial charge in [-0.25, -0.2) is 23.7 Å². The van der Waals surface area contributed by atoms with Crippen LogP contribution in [0.25, 0.3) is 33.7 Å². The topological polar surface area (TPSA) is 54.5 Å². The van der Waals surface area contributed by atoms with E-state index in [9.17, 15) is 8.78 Å². The van der Waals surface area contributed by atoms with E-state index in [1.807, 2.05) is 18.2 Å². The van der Waals surface area contributed by atoms with Crippen LogP contribution in [0.3, 0.4) is 0 Å². The number of pyridine rings is 1. The van der Waals surface area contributed by atoms with Crippen LogP contribution in [-0.2, 0) is 0 Å². The Labute approximate surface area is 129 Å². The van der Waals surface area contributed by atoms with Gasteiger partial charge < -0.3 is 4.98 Å². The molecule has 0 aliphatic rings. The molecule has 0 radical (unpaired) electrons. The third kappa shape index (κ3) is 2.34. The lowest BCUT2D eigenvalue weighted by atomic mass is 10.1. The van der Waals surface area contributed by atoms with Gasteiger partial charge in [-0.15, -0.1) is 0 Å². The predicted octanol–water partition coefficient (Wildman–Crippen LogP) is 3.97. The summed E-state index contributed by atoms with van der Waals surface area (Å²) < 4.78 is 27.5. The van der Waals surface area contributed by atoms with Crippen LogP contribution in [0.2, 0.25) is 0 Å². The molecular formula is C17H10F2N4. The van der Waals surface area contributed by atoms with Crippen molar-refractivity contribution in [1.29, 1.82) is 0 Å². The second-order valence-electron chi connectivity index (χ2n) is 5.01. The molecule has 23 heavy (non-hydrogen) atoms. The van der Waals surface area contributed by atoms with Gasteiger partial charge in [0.05, 0.1) is 12.4 Å². The summed E-state index contributed by atoms with van der Waals surface area (Å²) >= 11 is 0. The number of nitrogens with one attached hydrogen (secondary N) is 1. The van der Waals surface area contributed by atoms with E-state index in [2.05, 4.69) is 19.9 Å². The number of rotatable bonds is 2. The number of aromatic amines is 1. The SMILES string of the molecule is Fc1cnc2[nH]cc(-c3ncc(F)c(-c4ccccc4)n3)c2c1. The lowest BCUT2D eigenvalue weighted by Crippen LogP contribution is -1.95. The Hall–Kier alpha value is -3.15. The summed E-state index contributed by atoms with van der Waals surface area (Å²) in [5.74, 6) is -0.656. The molecule has 0 amide bonds. The Morgan fingerprint density at radius 2 is 1.78 bits per heavy atom. The zero-order chi connectivity index (χ0) is 15.8. The fraction of sp³-hybridized carbons (Fsp3) is 0. The number of halogens is 2. The van der Waals surface area contributed by atoms with Gasteiger partial charge in [-0.1, -0.05) is 30.3 Å². The third-order valence-corrected chi connectivity index (χ3v) is 3.53. The van der Waals surface area contributed by atoms with Crippen molar-refractivity contribution in [2.75, 3.05) is 0 Å². The molecule has 0 bridgehead atoms. The molecule has 0 aliphatic carbocycles. The number of fused-ring (bicyclic) bond motifs is 1. The third-order valence-electron chi connectivity index (χ3n) is 3.53. The summed E-state index contributed by atoms with van der Waals surface area (Å²) in [5, 5.41) is 0.551. The molecular weight excluding hydrogens is 298 g/mol. The van der Waals surface area contributed by atoms with Crippen molar-refractivity contribution in [1.82, 2.24) is 19.9 Å². The summed E-state index contributed by atoms with van der Waals surface area (Å²) in [6.45, 7) is 0. The number of aromatic nitrogens is 4. The Bertz CT molecular complexity index is 996. The van der Waals surface area contributed by atoms with E-state index < -0.39 is 11.6 Å². The summed E-state index contributed by atoms with van der Waals surface area (Å²) in [7, 11) is 0. The summed E-state index contributed by atoms with van der Waals surface area (Å²) in [5.41, 5.74) is 1.95. The van der Waals surface area contributed by atoms with Crippen molar-refractivity contribution in [3.8, 4) is 22.6 Å². The number of H-pyrrole nitrogens is 1. The molecule has 112 valence electrons. The van der Waals surface area contributed by atoms with Gasteiger partial charge in [-0.2, -0.15) is 0 Å². The zero-order valence-electron chi connectivity index (χ0n) is 11.8. The fourth-order valence-corrected chi connectivity index (χ4v) is 2.46. The van der Waals surface area contributed by atoms with E-state index in [1.165, 1.54) is 6.07 Å². The largest absolute Gasteiger partial charge is 0.345 e. The van der Waals surface area contributed by atoms with Crippen molar-refractivity contribution < 1.29 is 8.78 Å². The second kappa shape index (κ2) is 5.24. The van der Waals surface area contributed by atoms with Crippen molar-refractivity contribution in [3.05, 3.63) is 66.6 Å². The van der Waals surface area contributed by atoms with Crippen LogP contribution in [0.4, 0.5) is 8.78 Å². The van der Waals surface area contributed by atoms with Crippen LogP contribution < -0.4 is 0 Å². The van der Waals surface area contributed by atoms with E-state index in [-0.39, 0.29) is 5.69 Å². The monoisotopic (exact) mass is 308 g/mol. The maximum atomic E-state index is 14.1. The molecule has 0 fully saturated rings. The first kappa shape index (κ1) is 13.5. The molecule has 1 aromatic carbocycles. The molecule has 4 rings (SSSR count). The molecule has 0 atom stereocenters. The Morgan fingerprint density at radius 1 is 0.957 bits per heavy atom. The van der Waals surface area contributed by atoms with Gasteiger partial charge in [0, 0.05) is 22.7 Å². The van der Waals surface area contributed by atoms with E-state index in [0.717, 1.165) is 12.4 Å². The standard InChI is InChI=1S/C17H10F2N4/c18-11-6-12-13(8-21-16(12)20-7-11)17-22-9-14(19)15(23-17)10-4-2-1-3-5-10/h1-9H,(H,20,21). The maximum Gasteiger partial charge on any atom is 0.167 e. The quantitative estimate of drug-likeness (QED) is 0.609. The molecule has 4 aromatic rings.